The number of hydrogen-bond donors (Lipinski definition) is 1. The molecule has 0 radical (unpaired) electrons. The highest BCUT2D eigenvalue weighted by Gasteiger charge is 2.14. The lowest BCUT2D eigenvalue weighted by molar-refractivity contribution is 0.525. The van der Waals surface area contributed by atoms with Gasteiger partial charge in [-0.15, -0.1) is 0 Å². The second-order valence-corrected chi connectivity index (χ2v) is 5.64. The third-order valence-electron chi connectivity index (χ3n) is 3.93. The largest absolute Gasteiger partial charge is 0.310 e. The summed E-state index contributed by atoms with van der Waals surface area (Å²) in [5, 5.41) is 3.62. The van der Waals surface area contributed by atoms with Crippen molar-refractivity contribution in [3.63, 3.8) is 0 Å². The molecule has 0 aliphatic heterocycles. The van der Waals surface area contributed by atoms with Crippen LogP contribution in [0.3, 0.4) is 0 Å². The molecule has 1 nitrogen and oxygen atoms in total. The summed E-state index contributed by atoms with van der Waals surface area (Å²) in [5.41, 5.74) is 4.85. The van der Waals surface area contributed by atoms with E-state index in [0.29, 0.717) is 0 Å². The number of aryl methyl sites for hydroxylation is 2. The summed E-state index contributed by atoms with van der Waals surface area (Å²) in [5.74, 6) is -0.162. The molecule has 1 N–H and O–H groups in total. The van der Waals surface area contributed by atoms with Gasteiger partial charge in [0.25, 0.3) is 0 Å². The molecule has 0 bridgehead atoms. The SMILES string of the molecule is CCCNC(Cc1ccc(F)cc1C)c1ccccc1C. The second kappa shape index (κ2) is 7.37. The number of rotatable bonds is 6. The van der Waals surface area contributed by atoms with Crippen molar-refractivity contribution in [2.45, 2.75) is 39.7 Å². The van der Waals surface area contributed by atoms with E-state index in [0.717, 1.165) is 24.9 Å². The number of nitrogens with one attached hydrogen (secondary N) is 1. The molecule has 1 atom stereocenters. The van der Waals surface area contributed by atoms with E-state index in [4.69, 9.17) is 0 Å². The van der Waals surface area contributed by atoms with Gasteiger partial charge in [-0.2, -0.15) is 0 Å². The fourth-order valence-electron chi connectivity index (χ4n) is 2.70. The van der Waals surface area contributed by atoms with Gasteiger partial charge in [-0.05, 0) is 67.6 Å². The Morgan fingerprint density at radius 1 is 1.05 bits per heavy atom. The molecule has 0 amide bonds. The average Bonchev–Trinajstić information content (AvgIpc) is 2.46. The molecular weight excluding hydrogens is 261 g/mol. The van der Waals surface area contributed by atoms with Crippen LogP contribution >= 0.6 is 0 Å². The Bertz CT molecular complexity index is 592. The predicted molar refractivity (Wildman–Crippen MR) is 87.1 cm³/mol. The van der Waals surface area contributed by atoms with Crippen molar-refractivity contribution in [2.75, 3.05) is 6.54 Å². The molecule has 0 aliphatic rings. The molecule has 0 saturated heterocycles. The van der Waals surface area contributed by atoms with Crippen LogP contribution < -0.4 is 5.32 Å². The summed E-state index contributed by atoms with van der Waals surface area (Å²) in [6.07, 6.45) is 1.99. The lowest BCUT2D eigenvalue weighted by Gasteiger charge is -2.22. The van der Waals surface area contributed by atoms with E-state index in [9.17, 15) is 4.39 Å². The summed E-state index contributed by atoms with van der Waals surface area (Å²) in [6.45, 7) is 7.28. The van der Waals surface area contributed by atoms with Gasteiger partial charge in [0.15, 0.2) is 0 Å². The Kier molecular flexibility index (Phi) is 5.51. The maximum atomic E-state index is 13.3. The Labute approximate surface area is 127 Å². The zero-order valence-electron chi connectivity index (χ0n) is 13.1. The Hall–Kier alpha value is -1.67. The van der Waals surface area contributed by atoms with E-state index in [1.807, 2.05) is 13.0 Å². The molecule has 2 rings (SSSR count). The second-order valence-electron chi connectivity index (χ2n) is 5.64. The number of halogens is 1. The Morgan fingerprint density at radius 3 is 2.48 bits per heavy atom. The van der Waals surface area contributed by atoms with E-state index in [-0.39, 0.29) is 11.9 Å². The smallest absolute Gasteiger partial charge is 0.123 e. The van der Waals surface area contributed by atoms with Gasteiger partial charge in [0.2, 0.25) is 0 Å². The lowest BCUT2D eigenvalue weighted by Crippen LogP contribution is -2.25. The molecule has 112 valence electrons. The predicted octanol–water partition coefficient (Wildman–Crippen LogP) is 4.73. The van der Waals surface area contributed by atoms with Gasteiger partial charge < -0.3 is 5.32 Å². The summed E-state index contributed by atoms with van der Waals surface area (Å²) in [4.78, 5) is 0. The fraction of sp³-hybridized carbons (Fsp3) is 0.368. The molecule has 1 unspecified atom stereocenters. The molecule has 0 aliphatic carbocycles. The quantitative estimate of drug-likeness (QED) is 0.809. The Morgan fingerprint density at radius 2 is 1.81 bits per heavy atom. The van der Waals surface area contributed by atoms with Crippen LogP contribution in [0.1, 0.15) is 41.6 Å². The van der Waals surface area contributed by atoms with E-state index >= 15 is 0 Å². The van der Waals surface area contributed by atoms with Crippen molar-refractivity contribution in [2.24, 2.45) is 0 Å². The van der Waals surface area contributed by atoms with Crippen LogP contribution in [-0.2, 0) is 6.42 Å². The van der Waals surface area contributed by atoms with E-state index in [1.54, 1.807) is 12.1 Å². The van der Waals surface area contributed by atoms with Gasteiger partial charge in [0, 0.05) is 6.04 Å². The molecule has 0 spiro atoms. The molecule has 2 heteroatoms. The molecular formula is C19H24FN. The lowest BCUT2D eigenvalue weighted by atomic mass is 9.93. The van der Waals surface area contributed by atoms with Gasteiger partial charge in [-0.25, -0.2) is 4.39 Å². The summed E-state index contributed by atoms with van der Waals surface area (Å²) in [6, 6.07) is 13.8. The van der Waals surface area contributed by atoms with E-state index < -0.39 is 0 Å². The molecule has 2 aromatic carbocycles. The molecule has 0 saturated carbocycles. The minimum absolute atomic E-state index is 0.162. The van der Waals surface area contributed by atoms with Crippen molar-refractivity contribution in [1.29, 1.82) is 0 Å². The average molecular weight is 285 g/mol. The normalized spacial score (nSPS) is 12.4. The van der Waals surface area contributed by atoms with Crippen LogP contribution in [0.2, 0.25) is 0 Å². The van der Waals surface area contributed by atoms with Crippen molar-refractivity contribution in [3.05, 3.63) is 70.5 Å². The minimum Gasteiger partial charge on any atom is -0.310 e. The van der Waals surface area contributed by atoms with Crippen molar-refractivity contribution >= 4 is 0 Å². The third-order valence-corrected chi connectivity index (χ3v) is 3.93. The summed E-state index contributed by atoms with van der Waals surface area (Å²) >= 11 is 0. The van der Waals surface area contributed by atoms with Gasteiger partial charge in [-0.3, -0.25) is 0 Å². The zero-order valence-corrected chi connectivity index (χ0v) is 13.1. The van der Waals surface area contributed by atoms with Crippen LogP contribution in [0.5, 0.6) is 0 Å². The van der Waals surface area contributed by atoms with Crippen LogP contribution in [0, 0.1) is 19.7 Å². The van der Waals surface area contributed by atoms with E-state index in [2.05, 4.69) is 43.4 Å². The monoisotopic (exact) mass is 285 g/mol. The van der Waals surface area contributed by atoms with Gasteiger partial charge in [0.1, 0.15) is 5.82 Å². The van der Waals surface area contributed by atoms with E-state index in [1.165, 1.54) is 16.7 Å². The Balaban J connectivity index is 2.26. The van der Waals surface area contributed by atoms with Crippen LogP contribution in [0.25, 0.3) is 0 Å². The molecule has 21 heavy (non-hydrogen) atoms. The van der Waals surface area contributed by atoms with Crippen LogP contribution in [0.4, 0.5) is 4.39 Å². The standard InChI is InChI=1S/C19H24FN/c1-4-11-21-19(18-8-6-5-7-14(18)2)13-16-9-10-17(20)12-15(16)3/h5-10,12,19,21H,4,11,13H2,1-3H3. The van der Waals surface area contributed by atoms with Crippen LogP contribution in [-0.4, -0.2) is 6.54 Å². The zero-order chi connectivity index (χ0) is 15.2. The maximum Gasteiger partial charge on any atom is 0.123 e. The van der Waals surface area contributed by atoms with Crippen molar-refractivity contribution < 1.29 is 4.39 Å². The molecule has 0 heterocycles. The summed E-state index contributed by atoms with van der Waals surface area (Å²) in [7, 11) is 0. The first-order valence-corrected chi connectivity index (χ1v) is 7.65. The first kappa shape index (κ1) is 15.7. The third kappa shape index (κ3) is 4.15. The van der Waals surface area contributed by atoms with Gasteiger partial charge in [-0.1, -0.05) is 37.3 Å². The highest BCUT2D eigenvalue weighted by Crippen LogP contribution is 2.23. The highest BCUT2D eigenvalue weighted by atomic mass is 19.1. The van der Waals surface area contributed by atoms with Crippen molar-refractivity contribution in [1.82, 2.24) is 5.32 Å². The van der Waals surface area contributed by atoms with Gasteiger partial charge >= 0.3 is 0 Å². The minimum atomic E-state index is -0.162. The summed E-state index contributed by atoms with van der Waals surface area (Å²) < 4.78 is 13.3. The first-order valence-electron chi connectivity index (χ1n) is 7.65. The van der Waals surface area contributed by atoms with Crippen LogP contribution in [0.15, 0.2) is 42.5 Å². The van der Waals surface area contributed by atoms with Gasteiger partial charge in [0.05, 0.1) is 0 Å². The van der Waals surface area contributed by atoms with Crippen molar-refractivity contribution in [3.8, 4) is 0 Å². The number of hydrogen-bond acceptors (Lipinski definition) is 1. The molecule has 0 fully saturated rings. The first-order chi connectivity index (χ1) is 10.1. The number of benzene rings is 2. The molecule has 0 aromatic heterocycles. The highest BCUT2D eigenvalue weighted by molar-refractivity contribution is 5.33. The topological polar surface area (TPSA) is 12.0 Å². The molecule has 2 aromatic rings. The fourth-order valence-corrected chi connectivity index (χ4v) is 2.70. The maximum absolute atomic E-state index is 13.3.